The number of thioether (sulfide) groups is 1. The number of amides is 3. The average Bonchev–Trinajstić information content (AvgIpc) is 3.27. The molecule has 3 unspecified atom stereocenters. The average molecular weight is 578 g/mol. The summed E-state index contributed by atoms with van der Waals surface area (Å²) in [6, 6.07) is 17.8. The Morgan fingerprint density at radius 1 is 1.07 bits per heavy atom. The van der Waals surface area contributed by atoms with Crippen molar-refractivity contribution in [3.63, 3.8) is 0 Å². The highest BCUT2D eigenvalue weighted by Gasteiger charge is 2.49. The van der Waals surface area contributed by atoms with E-state index in [9.17, 15) is 24.3 Å². The number of rotatable bonds is 10. The fourth-order valence-corrected chi connectivity index (χ4v) is 5.99. The van der Waals surface area contributed by atoms with Crippen molar-refractivity contribution >= 4 is 29.5 Å². The van der Waals surface area contributed by atoms with Crippen molar-refractivity contribution in [3.05, 3.63) is 100.0 Å². The predicted octanol–water partition coefficient (Wildman–Crippen LogP) is 1.64. The number of aliphatic hydroxyl groups is 1. The normalized spacial score (nSPS) is 17.5. The minimum Gasteiger partial charge on any atom is -0.381 e. The molecule has 0 spiro atoms. The van der Waals surface area contributed by atoms with Gasteiger partial charge in [0.1, 0.15) is 12.6 Å². The first kappa shape index (κ1) is 30.0. The summed E-state index contributed by atoms with van der Waals surface area (Å²) in [5, 5.41) is 20.9. The summed E-state index contributed by atoms with van der Waals surface area (Å²) in [5.41, 5.74) is 2.36. The van der Waals surface area contributed by atoms with Crippen molar-refractivity contribution < 1.29 is 19.5 Å². The molecule has 3 N–H and O–H groups in total. The second-order valence-corrected chi connectivity index (χ2v) is 12.2. The summed E-state index contributed by atoms with van der Waals surface area (Å²) in [5.74, 6) is -1.35. The van der Waals surface area contributed by atoms with Crippen molar-refractivity contribution in [2.24, 2.45) is 0 Å². The molecule has 0 aliphatic carbocycles. The zero-order chi connectivity index (χ0) is 29.6. The van der Waals surface area contributed by atoms with Crippen LogP contribution in [0.5, 0.6) is 0 Å². The van der Waals surface area contributed by atoms with Crippen molar-refractivity contribution in [2.75, 3.05) is 5.88 Å². The summed E-state index contributed by atoms with van der Waals surface area (Å²) < 4.78 is 0.390. The van der Waals surface area contributed by atoms with E-state index in [0.717, 1.165) is 21.4 Å². The molecule has 1 aliphatic heterocycles. The van der Waals surface area contributed by atoms with E-state index in [4.69, 9.17) is 0 Å². The zero-order valence-corrected chi connectivity index (χ0v) is 24.1. The van der Waals surface area contributed by atoms with Gasteiger partial charge in [-0.3, -0.25) is 19.2 Å². The van der Waals surface area contributed by atoms with Gasteiger partial charge < -0.3 is 20.6 Å². The molecule has 2 heterocycles. The summed E-state index contributed by atoms with van der Waals surface area (Å²) in [6.07, 6.45) is -0.0859. The molecule has 4 rings (SSSR count). The molecular formula is C30H35N5O5S. The number of benzene rings is 2. The van der Waals surface area contributed by atoms with Crippen LogP contribution in [0.3, 0.4) is 0 Å². The van der Waals surface area contributed by atoms with Gasteiger partial charge in [-0.15, -0.1) is 11.8 Å². The lowest BCUT2D eigenvalue weighted by Gasteiger charge is -2.33. The number of hydrogen-bond donors (Lipinski definition) is 3. The molecular weight excluding hydrogens is 542 g/mol. The molecule has 1 aromatic heterocycles. The van der Waals surface area contributed by atoms with Crippen LogP contribution in [0.2, 0.25) is 0 Å². The molecule has 41 heavy (non-hydrogen) atoms. The molecule has 1 aliphatic rings. The Morgan fingerprint density at radius 3 is 2.49 bits per heavy atom. The van der Waals surface area contributed by atoms with Crippen LogP contribution in [0.1, 0.15) is 30.5 Å². The third-order valence-corrected chi connectivity index (χ3v) is 8.52. The van der Waals surface area contributed by atoms with Gasteiger partial charge in [0, 0.05) is 23.6 Å². The number of nitrogens with zero attached hydrogens (tertiary/aromatic N) is 3. The van der Waals surface area contributed by atoms with Crippen molar-refractivity contribution in [1.29, 1.82) is 0 Å². The van der Waals surface area contributed by atoms with E-state index in [1.54, 1.807) is 0 Å². The number of aryl methyl sites for hydroxylation is 1. The maximum Gasteiger partial charge on any atom is 0.267 e. The van der Waals surface area contributed by atoms with Crippen LogP contribution in [-0.2, 0) is 33.9 Å². The summed E-state index contributed by atoms with van der Waals surface area (Å²) in [4.78, 5) is 53.6. The van der Waals surface area contributed by atoms with Gasteiger partial charge in [-0.1, -0.05) is 54.6 Å². The molecule has 11 heteroatoms. The first-order valence-corrected chi connectivity index (χ1v) is 14.4. The van der Waals surface area contributed by atoms with Crippen molar-refractivity contribution in [2.45, 2.75) is 63.2 Å². The second kappa shape index (κ2) is 13.1. The fourth-order valence-electron chi connectivity index (χ4n) is 4.85. The largest absolute Gasteiger partial charge is 0.381 e. The summed E-state index contributed by atoms with van der Waals surface area (Å²) in [6.45, 7) is 5.69. The standard InChI is InChI=1S/C30H35N5O5S/c1-20-10-7-8-13-22(20)17-31-28(39)27-30(2,3)41-19-34(27)29(40)26(38)23(16-21-11-5-4-6-12-21)33-24(36)18-35-25(37)14-9-15-32-35/h4-15,23,26-27,38H,16-19H2,1-3H3,(H,31,39)(H,33,36). The van der Waals surface area contributed by atoms with Gasteiger partial charge in [0.15, 0.2) is 6.10 Å². The molecule has 10 nitrogen and oxygen atoms in total. The first-order chi connectivity index (χ1) is 19.6. The molecule has 2 aromatic carbocycles. The van der Waals surface area contributed by atoms with Crippen LogP contribution < -0.4 is 16.2 Å². The molecule has 3 atom stereocenters. The number of carbonyl (C=O) groups is 3. The van der Waals surface area contributed by atoms with Gasteiger partial charge in [-0.25, -0.2) is 4.68 Å². The molecule has 1 fully saturated rings. The van der Waals surface area contributed by atoms with Crippen LogP contribution in [0, 0.1) is 6.92 Å². The zero-order valence-electron chi connectivity index (χ0n) is 23.3. The van der Waals surface area contributed by atoms with Crippen LogP contribution in [0.15, 0.2) is 77.7 Å². The topological polar surface area (TPSA) is 134 Å². The van der Waals surface area contributed by atoms with Crippen molar-refractivity contribution in [3.8, 4) is 0 Å². The first-order valence-electron chi connectivity index (χ1n) is 13.4. The monoisotopic (exact) mass is 577 g/mol. The molecule has 0 saturated carbocycles. The lowest BCUT2D eigenvalue weighted by atomic mass is 9.97. The molecule has 216 valence electrons. The lowest BCUT2D eigenvalue weighted by molar-refractivity contribution is -0.147. The Kier molecular flexibility index (Phi) is 9.61. The maximum absolute atomic E-state index is 13.8. The Morgan fingerprint density at radius 2 is 1.78 bits per heavy atom. The Hall–Kier alpha value is -3.96. The summed E-state index contributed by atoms with van der Waals surface area (Å²) in [7, 11) is 0. The van der Waals surface area contributed by atoms with Crippen LogP contribution in [-0.4, -0.2) is 66.3 Å². The quantitative estimate of drug-likeness (QED) is 0.334. The molecule has 1 saturated heterocycles. The van der Waals surface area contributed by atoms with E-state index >= 15 is 0 Å². The number of nitrogens with one attached hydrogen (secondary N) is 2. The third-order valence-electron chi connectivity index (χ3n) is 7.15. The van der Waals surface area contributed by atoms with E-state index in [-0.39, 0.29) is 24.7 Å². The number of aliphatic hydroxyl groups excluding tert-OH is 1. The Balaban J connectivity index is 1.52. The van der Waals surface area contributed by atoms with E-state index in [0.29, 0.717) is 6.54 Å². The van der Waals surface area contributed by atoms with E-state index in [1.807, 2.05) is 75.4 Å². The number of carbonyl (C=O) groups excluding carboxylic acids is 3. The third kappa shape index (κ3) is 7.42. The van der Waals surface area contributed by atoms with Crippen LogP contribution in [0.25, 0.3) is 0 Å². The molecule has 0 radical (unpaired) electrons. The minimum absolute atomic E-state index is 0.158. The minimum atomic E-state index is -1.64. The van der Waals surface area contributed by atoms with Crippen molar-refractivity contribution in [1.82, 2.24) is 25.3 Å². The van der Waals surface area contributed by atoms with Crippen LogP contribution in [0.4, 0.5) is 0 Å². The number of hydrogen-bond acceptors (Lipinski definition) is 7. The SMILES string of the molecule is Cc1ccccc1CNC(=O)C1N(C(=O)C(O)C(Cc2ccccc2)NC(=O)Cn2ncccc2=O)CSC1(C)C. The van der Waals surface area contributed by atoms with E-state index in [2.05, 4.69) is 15.7 Å². The Bertz CT molecular complexity index is 1440. The van der Waals surface area contributed by atoms with Gasteiger partial charge in [-0.2, -0.15) is 5.10 Å². The molecule has 3 aromatic rings. The van der Waals surface area contributed by atoms with Gasteiger partial charge in [0.25, 0.3) is 11.5 Å². The maximum atomic E-state index is 13.8. The van der Waals surface area contributed by atoms with Gasteiger partial charge in [0.2, 0.25) is 11.8 Å². The van der Waals surface area contributed by atoms with Gasteiger partial charge >= 0.3 is 0 Å². The lowest BCUT2D eigenvalue weighted by Crippen LogP contribution is -2.59. The molecule has 3 amide bonds. The fraction of sp³-hybridized carbons (Fsp3) is 0.367. The predicted molar refractivity (Wildman–Crippen MR) is 157 cm³/mol. The Labute approximate surface area is 243 Å². The molecule has 0 bridgehead atoms. The highest BCUT2D eigenvalue weighted by molar-refractivity contribution is 8.00. The number of aromatic nitrogens is 2. The van der Waals surface area contributed by atoms with Gasteiger partial charge in [0.05, 0.1) is 11.9 Å². The smallest absolute Gasteiger partial charge is 0.267 e. The second-order valence-electron chi connectivity index (χ2n) is 10.6. The highest BCUT2D eigenvalue weighted by atomic mass is 32.2. The van der Waals surface area contributed by atoms with E-state index in [1.165, 1.54) is 35.0 Å². The summed E-state index contributed by atoms with van der Waals surface area (Å²) >= 11 is 1.45. The van der Waals surface area contributed by atoms with E-state index < -0.39 is 40.3 Å². The van der Waals surface area contributed by atoms with Crippen LogP contribution >= 0.6 is 11.8 Å². The highest BCUT2D eigenvalue weighted by Crippen LogP contribution is 2.40. The van der Waals surface area contributed by atoms with Gasteiger partial charge in [-0.05, 0) is 49.9 Å².